The zero-order valence-corrected chi connectivity index (χ0v) is 16.5. The van der Waals surface area contributed by atoms with Crippen LogP contribution in [0.15, 0.2) is 54.6 Å². The molecule has 5 nitrogen and oxygen atoms in total. The molecule has 0 aliphatic heterocycles. The van der Waals surface area contributed by atoms with Gasteiger partial charge in [-0.25, -0.2) is 0 Å². The van der Waals surface area contributed by atoms with Crippen LogP contribution in [0.25, 0.3) is 6.08 Å². The second-order valence-corrected chi connectivity index (χ2v) is 6.90. The van der Waals surface area contributed by atoms with Gasteiger partial charge in [-0.05, 0) is 59.6 Å². The van der Waals surface area contributed by atoms with Crippen molar-refractivity contribution in [1.29, 1.82) is 0 Å². The monoisotopic (exact) mass is 401 g/mol. The zero-order valence-electron chi connectivity index (χ0n) is 15.0. The molecule has 2 aromatic rings. The van der Waals surface area contributed by atoms with Crippen molar-refractivity contribution in [3.63, 3.8) is 0 Å². The summed E-state index contributed by atoms with van der Waals surface area (Å²) in [7, 11) is 0. The number of rotatable bonds is 4. The number of benzene rings is 2. The van der Waals surface area contributed by atoms with Gasteiger partial charge in [0.05, 0.1) is 0 Å². The molecule has 0 saturated heterocycles. The molecule has 0 aliphatic rings. The van der Waals surface area contributed by atoms with E-state index in [-0.39, 0.29) is 5.11 Å². The summed E-state index contributed by atoms with van der Waals surface area (Å²) >= 11 is 10.8. The predicted octanol–water partition coefficient (Wildman–Crippen LogP) is 3.81. The summed E-state index contributed by atoms with van der Waals surface area (Å²) in [5.74, 6) is -0.344. The normalized spacial score (nSPS) is 10.7. The molecule has 27 heavy (non-hydrogen) atoms. The summed E-state index contributed by atoms with van der Waals surface area (Å²) in [5.41, 5.74) is 7.43. The van der Waals surface area contributed by atoms with Crippen molar-refractivity contribution in [2.75, 3.05) is 0 Å². The Balaban J connectivity index is 1.80. The van der Waals surface area contributed by atoms with E-state index in [0.717, 1.165) is 5.56 Å². The molecule has 0 bridgehead atoms. The molecular formula is C20H20ClN3O2S. The Labute approximate surface area is 168 Å². The Morgan fingerprint density at radius 3 is 2.22 bits per heavy atom. The highest BCUT2D eigenvalue weighted by Gasteiger charge is 2.06. The minimum Gasteiger partial charge on any atom is -0.298 e. The van der Waals surface area contributed by atoms with Crippen molar-refractivity contribution in [1.82, 2.24) is 16.2 Å². The molecule has 7 heteroatoms. The largest absolute Gasteiger partial charge is 0.298 e. The second-order valence-electron chi connectivity index (χ2n) is 6.06. The number of carbonyl (C=O) groups is 2. The third-order valence-corrected chi connectivity index (χ3v) is 4.12. The van der Waals surface area contributed by atoms with Crippen LogP contribution in [0.2, 0.25) is 5.02 Å². The van der Waals surface area contributed by atoms with Crippen molar-refractivity contribution < 1.29 is 9.59 Å². The van der Waals surface area contributed by atoms with Gasteiger partial charge in [-0.15, -0.1) is 0 Å². The number of halogens is 1. The van der Waals surface area contributed by atoms with Gasteiger partial charge in [0.25, 0.3) is 5.91 Å². The molecule has 0 saturated carbocycles. The number of hydrogen-bond donors (Lipinski definition) is 3. The molecule has 140 valence electrons. The fourth-order valence-electron chi connectivity index (χ4n) is 2.14. The third-order valence-electron chi connectivity index (χ3n) is 3.66. The number of hydrogen-bond acceptors (Lipinski definition) is 3. The first kappa shape index (κ1) is 20.6. The van der Waals surface area contributed by atoms with Gasteiger partial charge in [-0.2, -0.15) is 0 Å². The molecule has 2 rings (SSSR count). The lowest BCUT2D eigenvalue weighted by Crippen LogP contribution is -2.48. The maximum absolute atomic E-state index is 11.9. The molecule has 3 N–H and O–H groups in total. The Morgan fingerprint density at radius 2 is 1.63 bits per heavy atom. The number of carbonyl (C=O) groups excluding carboxylic acids is 2. The molecule has 0 spiro atoms. The van der Waals surface area contributed by atoms with Crippen LogP contribution in [0, 0.1) is 0 Å². The van der Waals surface area contributed by atoms with Gasteiger partial charge in [0.15, 0.2) is 5.11 Å². The average molecular weight is 402 g/mol. The van der Waals surface area contributed by atoms with Crippen LogP contribution in [0.5, 0.6) is 0 Å². The summed E-state index contributed by atoms with van der Waals surface area (Å²) in [6.45, 7) is 4.25. The number of nitrogens with one attached hydrogen (secondary N) is 3. The van der Waals surface area contributed by atoms with Gasteiger partial charge < -0.3 is 0 Å². The SMILES string of the molecule is CC(C)c1ccc(C=CC(=O)NC(=S)NNC(=O)c2ccc(Cl)cc2)cc1. The Bertz CT molecular complexity index is 847. The fraction of sp³-hybridized carbons (Fsp3) is 0.150. The molecule has 0 radical (unpaired) electrons. The van der Waals surface area contributed by atoms with E-state index in [4.69, 9.17) is 23.8 Å². The maximum Gasteiger partial charge on any atom is 0.269 e. The van der Waals surface area contributed by atoms with E-state index in [0.29, 0.717) is 16.5 Å². The first-order valence-electron chi connectivity index (χ1n) is 8.30. The highest BCUT2D eigenvalue weighted by molar-refractivity contribution is 7.80. The third kappa shape index (κ3) is 6.84. The van der Waals surface area contributed by atoms with Gasteiger partial charge >= 0.3 is 0 Å². The van der Waals surface area contributed by atoms with Crippen LogP contribution < -0.4 is 16.2 Å². The summed E-state index contributed by atoms with van der Waals surface area (Å²) in [6.07, 6.45) is 3.06. The van der Waals surface area contributed by atoms with Gasteiger partial charge in [0, 0.05) is 16.7 Å². The number of thiocarbonyl (C=S) groups is 1. The lowest BCUT2D eigenvalue weighted by molar-refractivity contribution is -0.115. The van der Waals surface area contributed by atoms with Crippen LogP contribution in [-0.2, 0) is 4.79 Å². The van der Waals surface area contributed by atoms with Crippen molar-refractivity contribution in [3.8, 4) is 0 Å². The smallest absolute Gasteiger partial charge is 0.269 e. The van der Waals surface area contributed by atoms with Crippen molar-refractivity contribution in [3.05, 3.63) is 76.3 Å². The predicted molar refractivity (Wildman–Crippen MR) is 112 cm³/mol. The highest BCUT2D eigenvalue weighted by atomic mass is 35.5. The number of hydrazine groups is 1. The minimum absolute atomic E-state index is 0.0119. The van der Waals surface area contributed by atoms with Crippen LogP contribution in [0.3, 0.4) is 0 Å². The fourth-order valence-corrected chi connectivity index (χ4v) is 2.41. The lowest BCUT2D eigenvalue weighted by atomic mass is 10.0. The van der Waals surface area contributed by atoms with Gasteiger partial charge in [0.2, 0.25) is 5.91 Å². The Kier molecular flexibility index (Phi) is 7.52. The van der Waals surface area contributed by atoms with Crippen molar-refractivity contribution in [2.45, 2.75) is 19.8 Å². The van der Waals surface area contributed by atoms with Crippen LogP contribution in [0.1, 0.15) is 41.3 Å². The highest BCUT2D eigenvalue weighted by Crippen LogP contribution is 2.15. The van der Waals surface area contributed by atoms with E-state index in [1.807, 2.05) is 24.3 Å². The van der Waals surface area contributed by atoms with Crippen LogP contribution in [0.4, 0.5) is 0 Å². The second kappa shape index (κ2) is 9.85. The molecule has 0 atom stereocenters. The van der Waals surface area contributed by atoms with E-state index in [9.17, 15) is 9.59 Å². The molecule has 0 heterocycles. The Morgan fingerprint density at radius 1 is 1.00 bits per heavy atom. The van der Waals surface area contributed by atoms with Crippen molar-refractivity contribution >= 4 is 46.8 Å². The topological polar surface area (TPSA) is 70.2 Å². The van der Waals surface area contributed by atoms with Crippen molar-refractivity contribution in [2.24, 2.45) is 0 Å². The Hall–Kier alpha value is -2.70. The van der Waals surface area contributed by atoms with E-state index in [1.165, 1.54) is 11.6 Å². The van der Waals surface area contributed by atoms with Crippen LogP contribution in [-0.4, -0.2) is 16.9 Å². The first-order valence-corrected chi connectivity index (χ1v) is 9.08. The van der Waals surface area contributed by atoms with Gasteiger partial charge in [0.1, 0.15) is 0 Å². The van der Waals surface area contributed by atoms with E-state index in [2.05, 4.69) is 30.0 Å². The lowest BCUT2D eigenvalue weighted by Gasteiger charge is -2.09. The molecular weight excluding hydrogens is 382 g/mol. The van der Waals surface area contributed by atoms with E-state index >= 15 is 0 Å². The molecule has 0 fully saturated rings. The maximum atomic E-state index is 11.9. The molecule has 2 aromatic carbocycles. The summed E-state index contributed by atoms with van der Waals surface area (Å²) < 4.78 is 0. The summed E-state index contributed by atoms with van der Waals surface area (Å²) in [4.78, 5) is 23.8. The molecule has 0 unspecified atom stereocenters. The number of amides is 2. The van der Waals surface area contributed by atoms with E-state index in [1.54, 1.807) is 30.3 Å². The minimum atomic E-state index is -0.402. The molecule has 0 aliphatic carbocycles. The average Bonchev–Trinajstić information content (AvgIpc) is 2.65. The van der Waals surface area contributed by atoms with Gasteiger partial charge in [-0.3, -0.25) is 25.8 Å². The zero-order chi connectivity index (χ0) is 19.8. The quantitative estimate of drug-likeness (QED) is 0.414. The first-order chi connectivity index (χ1) is 12.8. The molecule has 0 aromatic heterocycles. The summed E-state index contributed by atoms with van der Waals surface area (Å²) in [6, 6.07) is 14.3. The van der Waals surface area contributed by atoms with Gasteiger partial charge in [-0.1, -0.05) is 49.7 Å². The van der Waals surface area contributed by atoms with E-state index < -0.39 is 11.8 Å². The standard InChI is InChI=1S/C20H20ClN3O2S/c1-13(2)15-6-3-14(4-7-15)5-12-18(25)22-20(27)24-23-19(26)16-8-10-17(21)11-9-16/h3-13H,1-2H3,(H,23,26)(H2,22,24,25,27). The molecule has 2 amide bonds. The summed E-state index contributed by atoms with van der Waals surface area (Å²) in [5, 5.41) is 2.98. The van der Waals surface area contributed by atoms with Crippen LogP contribution >= 0.6 is 23.8 Å².